The molecule has 0 amide bonds. The first-order chi connectivity index (χ1) is 8.65. The molecule has 0 aliphatic carbocycles. The Hall–Kier alpha value is -1.03. The summed E-state index contributed by atoms with van der Waals surface area (Å²) in [5.41, 5.74) is 1.13. The third kappa shape index (κ3) is 3.73. The number of hydrogen-bond donors (Lipinski definition) is 1. The Labute approximate surface area is 112 Å². The number of rotatable bonds is 3. The molecule has 0 bridgehead atoms. The topological polar surface area (TPSA) is 24.4 Å². The lowest BCUT2D eigenvalue weighted by molar-refractivity contribution is 0.490. The van der Waals surface area contributed by atoms with Crippen molar-refractivity contribution in [2.75, 3.05) is 12.3 Å². The van der Waals surface area contributed by atoms with Crippen LogP contribution in [0.4, 0.5) is 4.39 Å². The molecule has 1 aromatic carbocycles. The van der Waals surface area contributed by atoms with E-state index in [1.807, 2.05) is 12.1 Å². The van der Waals surface area contributed by atoms with Gasteiger partial charge in [0.2, 0.25) is 0 Å². The van der Waals surface area contributed by atoms with Gasteiger partial charge < -0.3 is 5.32 Å². The fourth-order valence-corrected chi connectivity index (χ4v) is 2.92. The van der Waals surface area contributed by atoms with Crippen LogP contribution in [0, 0.1) is 11.7 Å². The molecule has 0 spiro atoms. The van der Waals surface area contributed by atoms with Crippen molar-refractivity contribution in [1.82, 2.24) is 5.32 Å². The molecule has 1 N–H and O–H groups in total. The highest BCUT2D eigenvalue weighted by Gasteiger charge is 2.20. The minimum atomic E-state index is -0.183. The van der Waals surface area contributed by atoms with Crippen molar-refractivity contribution in [3.8, 4) is 0 Å². The maximum atomic E-state index is 12.7. The highest BCUT2D eigenvalue weighted by atomic mass is 32.2. The molecule has 0 aromatic heterocycles. The molecule has 0 radical (unpaired) electrons. The number of nitrogens with one attached hydrogen (secondary N) is 1. The van der Waals surface area contributed by atoms with Gasteiger partial charge >= 0.3 is 0 Å². The monoisotopic (exact) mass is 266 g/mol. The summed E-state index contributed by atoms with van der Waals surface area (Å²) >= 11 is 1.79. The van der Waals surface area contributed by atoms with E-state index < -0.39 is 0 Å². The quantitative estimate of drug-likeness (QED) is 0.909. The Bertz CT molecular complexity index is 416. The molecule has 1 aliphatic rings. The molecule has 98 valence electrons. The molecule has 2 unspecified atom stereocenters. The van der Waals surface area contributed by atoms with Gasteiger partial charge in [0.05, 0.1) is 0 Å². The lowest BCUT2D eigenvalue weighted by Crippen LogP contribution is -2.41. The molecule has 18 heavy (non-hydrogen) atoms. The summed E-state index contributed by atoms with van der Waals surface area (Å²) in [6.07, 6.45) is 0.857. The maximum Gasteiger partial charge on any atom is 0.156 e. The van der Waals surface area contributed by atoms with Crippen molar-refractivity contribution >= 4 is 16.9 Å². The van der Waals surface area contributed by atoms with E-state index in [1.165, 1.54) is 12.1 Å². The average Bonchev–Trinajstić information content (AvgIpc) is 2.36. The van der Waals surface area contributed by atoms with Crippen molar-refractivity contribution in [2.45, 2.75) is 26.3 Å². The highest BCUT2D eigenvalue weighted by Crippen LogP contribution is 2.19. The lowest BCUT2D eigenvalue weighted by atomic mass is 10.1. The minimum absolute atomic E-state index is 0.183. The van der Waals surface area contributed by atoms with Gasteiger partial charge in [-0.1, -0.05) is 30.8 Å². The molecule has 2 nitrogen and oxygen atoms in total. The molecular weight excluding hydrogens is 247 g/mol. The zero-order valence-corrected chi connectivity index (χ0v) is 11.6. The summed E-state index contributed by atoms with van der Waals surface area (Å²) in [7, 11) is 0. The van der Waals surface area contributed by atoms with Crippen LogP contribution in [0.1, 0.15) is 19.4 Å². The van der Waals surface area contributed by atoms with Gasteiger partial charge in [0.25, 0.3) is 0 Å². The van der Waals surface area contributed by atoms with Gasteiger partial charge in [-0.15, -0.1) is 0 Å². The third-order valence-corrected chi connectivity index (χ3v) is 4.47. The van der Waals surface area contributed by atoms with Gasteiger partial charge in [-0.25, -0.2) is 4.39 Å². The summed E-state index contributed by atoms with van der Waals surface area (Å²) < 4.78 is 12.7. The Morgan fingerprint density at radius 3 is 2.72 bits per heavy atom. The number of halogens is 1. The molecule has 2 atom stereocenters. The number of aliphatic imine (C=N–C) groups is 1. The standard InChI is InChI=1S/C14H19FN2S/c1-10-9-18-14(17-11(10)2)16-8-7-12-3-5-13(15)6-4-12/h3-6,10-11H,7-9H2,1-2H3,(H,16,17). The Balaban J connectivity index is 1.82. The number of thioether (sulfide) groups is 1. The van der Waals surface area contributed by atoms with E-state index >= 15 is 0 Å². The van der Waals surface area contributed by atoms with Crippen molar-refractivity contribution in [3.05, 3.63) is 35.6 Å². The van der Waals surface area contributed by atoms with E-state index in [4.69, 9.17) is 0 Å². The largest absolute Gasteiger partial charge is 0.362 e. The number of hydrogen-bond acceptors (Lipinski definition) is 2. The number of amidine groups is 1. The summed E-state index contributed by atoms with van der Waals surface area (Å²) in [4.78, 5) is 4.56. The van der Waals surface area contributed by atoms with Crippen molar-refractivity contribution < 1.29 is 4.39 Å². The minimum Gasteiger partial charge on any atom is -0.362 e. The van der Waals surface area contributed by atoms with Gasteiger partial charge in [-0.2, -0.15) is 0 Å². The molecule has 2 rings (SSSR count). The van der Waals surface area contributed by atoms with E-state index in [0.29, 0.717) is 12.0 Å². The van der Waals surface area contributed by atoms with Crippen molar-refractivity contribution in [1.29, 1.82) is 0 Å². The highest BCUT2D eigenvalue weighted by molar-refractivity contribution is 8.13. The van der Waals surface area contributed by atoms with E-state index in [2.05, 4.69) is 24.2 Å². The molecular formula is C14H19FN2S. The Morgan fingerprint density at radius 2 is 2.06 bits per heavy atom. The van der Waals surface area contributed by atoms with Crippen LogP contribution in [0.2, 0.25) is 0 Å². The van der Waals surface area contributed by atoms with Gasteiger partial charge in [-0.05, 0) is 37.0 Å². The van der Waals surface area contributed by atoms with E-state index in [0.717, 1.165) is 29.4 Å². The lowest BCUT2D eigenvalue weighted by Gasteiger charge is -2.28. The summed E-state index contributed by atoms with van der Waals surface area (Å²) in [5.74, 6) is 1.63. The molecule has 1 aliphatic heterocycles. The summed E-state index contributed by atoms with van der Waals surface area (Å²) in [5, 5.41) is 4.46. The molecule has 0 saturated carbocycles. The summed E-state index contributed by atoms with van der Waals surface area (Å²) in [6, 6.07) is 7.14. The predicted octanol–water partition coefficient (Wildman–Crippen LogP) is 3.09. The molecule has 4 heteroatoms. The van der Waals surface area contributed by atoms with Gasteiger partial charge in [0.1, 0.15) is 5.82 Å². The first-order valence-corrected chi connectivity index (χ1v) is 7.32. The third-order valence-electron chi connectivity index (χ3n) is 3.26. The predicted molar refractivity (Wildman–Crippen MR) is 76.6 cm³/mol. The number of benzene rings is 1. The van der Waals surface area contributed by atoms with Crippen molar-refractivity contribution in [3.63, 3.8) is 0 Å². The van der Waals surface area contributed by atoms with Crippen LogP contribution in [-0.2, 0) is 6.42 Å². The van der Waals surface area contributed by atoms with Crippen LogP contribution in [0.25, 0.3) is 0 Å². The molecule has 1 heterocycles. The second kappa shape index (κ2) is 6.23. The van der Waals surface area contributed by atoms with Gasteiger partial charge in [0.15, 0.2) is 5.17 Å². The number of nitrogens with zero attached hydrogens (tertiary/aromatic N) is 1. The van der Waals surface area contributed by atoms with Crippen LogP contribution >= 0.6 is 11.8 Å². The smallest absolute Gasteiger partial charge is 0.156 e. The van der Waals surface area contributed by atoms with Crippen LogP contribution in [0.3, 0.4) is 0 Å². The van der Waals surface area contributed by atoms with E-state index in [9.17, 15) is 4.39 Å². The maximum absolute atomic E-state index is 12.7. The first kappa shape index (κ1) is 13.4. The SMILES string of the molecule is CC1CSC(=NCCc2ccc(F)cc2)NC1C. The van der Waals surface area contributed by atoms with E-state index in [1.54, 1.807) is 11.8 Å². The normalized spacial score (nSPS) is 26.1. The van der Waals surface area contributed by atoms with Crippen LogP contribution in [0.15, 0.2) is 29.3 Å². The molecule has 1 aromatic rings. The van der Waals surface area contributed by atoms with E-state index in [-0.39, 0.29) is 5.82 Å². The van der Waals surface area contributed by atoms with Gasteiger partial charge in [0, 0.05) is 18.3 Å². The molecule has 1 fully saturated rings. The van der Waals surface area contributed by atoms with Crippen LogP contribution in [0.5, 0.6) is 0 Å². The first-order valence-electron chi connectivity index (χ1n) is 6.33. The average molecular weight is 266 g/mol. The zero-order valence-electron chi connectivity index (χ0n) is 10.8. The second-order valence-corrected chi connectivity index (χ2v) is 5.79. The van der Waals surface area contributed by atoms with Crippen LogP contribution < -0.4 is 5.32 Å². The Kier molecular flexibility index (Phi) is 4.64. The zero-order chi connectivity index (χ0) is 13.0. The second-order valence-electron chi connectivity index (χ2n) is 4.78. The van der Waals surface area contributed by atoms with Crippen molar-refractivity contribution in [2.24, 2.45) is 10.9 Å². The van der Waals surface area contributed by atoms with Crippen LogP contribution in [-0.4, -0.2) is 23.5 Å². The molecule has 1 saturated heterocycles. The fraction of sp³-hybridized carbons (Fsp3) is 0.500. The fourth-order valence-electron chi connectivity index (χ4n) is 1.76. The summed E-state index contributed by atoms with van der Waals surface area (Å²) in [6.45, 7) is 5.20. The Morgan fingerprint density at radius 1 is 1.33 bits per heavy atom. The van der Waals surface area contributed by atoms with Gasteiger partial charge in [-0.3, -0.25) is 4.99 Å².